The molecule has 22 heavy (non-hydrogen) atoms. The summed E-state index contributed by atoms with van der Waals surface area (Å²) in [5, 5.41) is 0. The summed E-state index contributed by atoms with van der Waals surface area (Å²) in [6.07, 6.45) is 1.17. The molecule has 0 fully saturated rings. The number of rotatable bonds is 7. The van der Waals surface area contributed by atoms with Gasteiger partial charge in [0.2, 0.25) is 0 Å². The SMILES string of the molecule is CCN(CC)C(N)=NCCOc1ccc(S(C)(=O)=O)cc1.I. The van der Waals surface area contributed by atoms with Crippen LogP contribution in [0.4, 0.5) is 0 Å². The van der Waals surface area contributed by atoms with Gasteiger partial charge in [-0.05, 0) is 38.1 Å². The third kappa shape index (κ3) is 6.82. The van der Waals surface area contributed by atoms with Crippen LogP contribution in [-0.4, -0.2) is 51.8 Å². The fraction of sp³-hybridized carbons (Fsp3) is 0.500. The molecule has 0 aromatic heterocycles. The largest absolute Gasteiger partial charge is 0.492 e. The number of guanidine groups is 1. The monoisotopic (exact) mass is 441 g/mol. The first kappa shape index (κ1) is 21.0. The van der Waals surface area contributed by atoms with Crippen molar-refractivity contribution in [1.82, 2.24) is 4.90 Å². The Morgan fingerprint density at radius 3 is 2.23 bits per heavy atom. The predicted octanol–water partition coefficient (Wildman–Crippen LogP) is 1.74. The van der Waals surface area contributed by atoms with Crippen LogP contribution in [0.2, 0.25) is 0 Å². The van der Waals surface area contributed by atoms with Gasteiger partial charge < -0.3 is 15.4 Å². The summed E-state index contributed by atoms with van der Waals surface area (Å²) in [6, 6.07) is 6.32. The molecule has 1 aromatic rings. The van der Waals surface area contributed by atoms with Crippen molar-refractivity contribution in [3.63, 3.8) is 0 Å². The molecule has 0 aliphatic heterocycles. The first-order valence-corrected chi connectivity index (χ1v) is 8.75. The van der Waals surface area contributed by atoms with Gasteiger partial charge in [0.25, 0.3) is 0 Å². The Kier molecular flexibility index (Phi) is 9.42. The van der Waals surface area contributed by atoms with E-state index in [1.807, 2.05) is 18.7 Å². The van der Waals surface area contributed by atoms with Gasteiger partial charge in [-0.3, -0.25) is 0 Å². The number of halogens is 1. The highest BCUT2D eigenvalue weighted by Gasteiger charge is 2.06. The fourth-order valence-corrected chi connectivity index (χ4v) is 2.38. The van der Waals surface area contributed by atoms with Crippen molar-refractivity contribution in [1.29, 1.82) is 0 Å². The summed E-state index contributed by atoms with van der Waals surface area (Å²) in [6.45, 7) is 6.52. The van der Waals surface area contributed by atoms with Crippen LogP contribution in [-0.2, 0) is 9.84 Å². The van der Waals surface area contributed by atoms with Crippen LogP contribution in [0, 0.1) is 0 Å². The van der Waals surface area contributed by atoms with Crippen LogP contribution in [0.25, 0.3) is 0 Å². The molecule has 1 rings (SSSR count). The van der Waals surface area contributed by atoms with Crippen molar-refractivity contribution >= 4 is 39.8 Å². The van der Waals surface area contributed by atoms with Crippen molar-refractivity contribution in [2.75, 3.05) is 32.5 Å². The Labute approximate surface area is 149 Å². The number of ether oxygens (including phenoxy) is 1. The lowest BCUT2D eigenvalue weighted by Crippen LogP contribution is -2.37. The van der Waals surface area contributed by atoms with E-state index in [1.165, 1.54) is 18.4 Å². The second-order valence-corrected chi connectivity index (χ2v) is 6.52. The lowest BCUT2D eigenvalue weighted by atomic mass is 10.3. The molecule has 0 saturated heterocycles. The van der Waals surface area contributed by atoms with Gasteiger partial charge in [-0.25, -0.2) is 13.4 Å². The lowest BCUT2D eigenvalue weighted by molar-refractivity contribution is 0.327. The van der Waals surface area contributed by atoms with E-state index >= 15 is 0 Å². The van der Waals surface area contributed by atoms with Crippen LogP contribution >= 0.6 is 24.0 Å². The first-order chi connectivity index (χ1) is 9.88. The van der Waals surface area contributed by atoms with Crippen molar-refractivity contribution in [3.05, 3.63) is 24.3 Å². The zero-order chi connectivity index (χ0) is 15.9. The predicted molar refractivity (Wildman–Crippen MR) is 99.9 cm³/mol. The number of nitrogens with two attached hydrogens (primary N) is 1. The van der Waals surface area contributed by atoms with E-state index in [1.54, 1.807) is 12.1 Å². The molecule has 0 atom stereocenters. The van der Waals surface area contributed by atoms with E-state index in [0.717, 1.165) is 13.1 Å². The molecular weight excluding hydrogens is 417 g/mol. The average molecular weight is 441 g/mol. The highest BCUT2D eigenvalue weighted by atomic mass is 127. The summed E-state index contributed by atoms with van der Waals surface area (Å²) >= 11 is 0. The molecule has 8 heteroatoms. The van der Waals surface area contributed by atoms with Gasteiger partial charge in [-0.2, -0.15) is 0 Å². The zero-order valence-electron chi connectivity index (χ0n) is 13.2. The minimum absolute atomic E-state index is 0. The number of hydrogen-bond acceptors (Lipinski definition) is 4. The van der Waals surface area contributed by atoms with Gasteiger partial charge in [-0.15, -0.1) is 24.0 Å². The van der Waals surface area contributed by atoms with E-state index in [4.69, 9.17) is 10.5 Å². The number of sulfone groups is 1. The van der Waals surface area contributed by atoms with Gasteiger partial charge >= 0.3 is 0 Å². The van der Waals surface area contributed by atoms with Crippen LogP contribution in [0.15, 0.2) is 34.2 Å². The average Bonchev–Trinajstić information content (AvgIpc) is 2.44. The molecule has 0 aliphatic carbocycles. The Hall–Kier alpha value is -1.03. The number of benzene rings is 1. The van der Waals surface area contributed by atoms with Crippen molar-refractivity contribution in [3.8, 4) is 5.75 Å². The van der Waals surface area contributed by atoms with E-state index < -0.39 is 9.84 Å². The van der Waals surface area contributed by atoms with E-state index in [0.29, 0.717) is 24.9 Å². The molecular formula is C14H24IN3O3S. The molecule has 0 aliphatic rings. The number of nitrogens with zero attached hydrogens (tertiary/aromatic N) is 2. The maximum absolute atomic E-state index is 11.3. The minimum Gasteiger partial charge on any atom is -0.492 e. The van der Waals surface area contributed by atoms with Crippen LogP contribution in [0.5, 0.6) is 5.75 Å². The maximum Gasteiger partial charge on any atom is 0.191 e. The smallest absolute Gasteiger partial charge is 0.191 e. The number of hydrogen-bond donors (Lipinski definition) is 1. The van der Waals surface area contributed by atoms with Crippen LogP contribution in [0.3, 0.4) is 0 Å². The molecule has 0 bridgehead atoms. The molecule has 0 heterocycles. The van der Waals surface area contributed by atoms with Crippen LogP contribution in [0.1, 0.15) is 13.8 Å². The second-order valence-electron chi connectivity index (χ2n) is 4.50. The molecule has 1 aromatic carbocycles. The Bertz CT molecular complexity index is 570. The molecule has 0 unspecified atom stereocenters. The summed E-state index contributed by atoms with van der Waals surface area (Å²) in [7, 11) is -3.17. The Morgan fingerprint density at radius 2 is 1.77 bits per heavy atom. The molecule has 0 spiro atoms. The van der Waals surface area contributed by atoms with E-state index in [2.05, 4.69) is 4.99 Å². The molecule has 126 valence electrons. The minimum atomic E-state index is -3.17. The summed E-state index contributed by atoms with van der Waals surface area (Å²) in [5.41, 5.74) is 5.84. The Balaban J connectivity index is 0.00000441. The first-order valence-electron chi connectivity index (χ1n) is 6.86. The summed E-state index contributed by atoms with van der Waals surface area (Å²) in [4.78, 5) is 6.47. The van der Waals surface area contributed by atoms with Crippen molar-refractivity contribution < 1.29 is 13.2 Å². The van der Waals surface area contributed by atoms with Crippen LogP contribution < -0.4 is 10.5 Å². The highest BCUT2D eigenvalue weighted by Crippen LogP contribution is 2.15. The summed E-state index contributed by atoms with van der Waals surface area (Å²) < 4.78 is 28.1. The quantitative estimate of drug-likeness (QED) is 0.302. The second kappa shape index (κ2) is 9.88. The standard InChI is InChI=1S/C14H23N3O3S.HI/c1-4-17(5-2)14(15)16-10-11-20-12-6-8-13(9-7-12)21(3,18)19;/h6-9H,4-5,10-11H2,1-3H3,(H2,15,16);1H. The maximum atomic E-state index is 11.3. The Morgan fingerprint density at radius 1 is 1.23 bits per heavy atom. The molecule has 2 N–H and O–H groups in total. The lowest BCUT2D eigenvalue weighted by Gasteiger charge is -2.19. The number of aliphatic imine (C=N–C) groups is 1. The normalized spacial score (nSPS) is 11.7. The fourth-order valence-electron chi connectivity index (χ4n) is 1.75. The zero-order valence-corrected chi connectivity index (χ0v) is 16.3. The molecule has 0 amide bonds. The highest BCUT2D eigenvalue weighted by molar-refractivity contribution is 14.0. The van der Waals surface area contributed by atoms with Gasteiger partial charge in [0, 0.05) is 19.3 Å². The van der Waals surface area contributed by atoms with Gasteiger partial charge in [0.05, 0.1) is 11.4 Å². The van der Waals surface area contributed by atoms with Gasteiger partial charge in [0.1, 0.15) is 12.4 Å². The van der Waals surface area contributed by atoms with E-state index in [9.17, 15) is 8.42 Å². The summed E-state index contributed by atoms with van der Waals surface area (Å²) in [5.74, 6) is 1.12. The molecule has 0 saturated carbocycles. The van der Waals surface area contributed by atoms with Crippen molar-refractivity contribution in [2.45, 2.75) is 18.7 Å². The van der Waals surface area contributed by atoms with Crippen molar-refractivity contribution in [2.24, 2.45) is 10.7 Å². The molecule has 0 radical (unpaired) electrons. The third-order valence-corrected chi connectivity index (χ3v) is 4.10. The van der Waals surface area contributed by atoms with Gasteiger partial charge in [0.15, 0.2) is 15.8 Å². The third-order valence-electron chi connectivity index (χ3n) is 2.97. The van der Waals surface area contributed by atoms with E-state index in [-0.39, 0.29) is 28.9 Å². The molecule has 6 nitrogen and oxygen atoms in total. The topological polar surface area (TPSA) is 85.0 Å². The van der Waals surface area contributed by atoms with Gasteiger partial charge in [-0.1, -0.05) is 0 Å².